The number of aliphatic carboxylic acids is 3. The van der Waals surface area contributed by atoms with Crippen LogP contribution in [0.5, 0.6) is 0 Å². The quantitative estimate of drug-likeness (QED) is 0.0772. The Bertz CT molecular complexity index is 1400. The summed E-state index contributed by atoms with van der Waals surface area (Å²) in [5, 5.41) is 35.6. The van der Waals surface area contributed by atoms with Crippen molar-refractivity contribution in [2.75, 3.05) is 78.5 Å². The van der Waals surface area contributed by atoms with Crippen LogP contribution in [0.4, 0.5) is 0 Å². The van der Waals surface area contributed by atoms with Crippen molar-refractivity contribution >= 4 is 55.7 Å². The zero-order valence-corrected chi connectivity index (χ0v) is 31.1. The van der Waals surface area contributed by atoms with Gasteiger partial charge in [0, 0.05) is 90.4 Å². The number of hydrogen-bond donors (Lipinski definition) is 2. The van der Waals surface area contributed by atoms with Crippen LogP contribution in [-0.2, 0) is 24.0 Å². The number of carbonyl (C=O) groups excluding carboxylic acids is 5. The number of nitrogens with one attached hydrogen (secondary N) is 1. The van der Waals surface area contributed by atoms with E-state index < -0.39 is 30.5 Å². The van der Waals surface area contributed by atoms with E-state index in [0.717, 1.165) is 17.4 Å². The van der Waals surface area contributed by atoms with Crippen LogP contribution in [0.25, 0.3) is 11.1 Å². The van der Waals surface area contributed by atoms with Gasteiger partial charge in [0.15, 0.2) is 5.78 Å². The predicted molar refractivity (Wildman–Crippen MR) is 184 cm³/mol. The van der Waals surface area contributed by atoms with Crippen LogP contribution >= 0.6 is 0 Å². The number of carbonyl (C=O) groups is 6. The van der Waals surface area contributed by atoms with Gasteiger partial charge in [0.1, 0.15) is 12.3 Å². The standard InChI is InChI=1S/C35H47N5O9.Ga.H2O/c41-24-23-37-15-16-38(25-33(44)45)17-18-39(26-34(46)47)20-22-40(21-19-37)30(35(48)49)7-4-14-36-32(43)13-12-31(42)29-10-8-28(9-11-29)27-5-2-1-3-6-27;;/h1-3,5-6,8-11,24,30H,4,7,12-23,25-26H2,(H,36,43)(H,44,45)(H,46,47)(H,48,49);;1H2/q;+3;/p-3. The summed E-state index contributed by atoms with van der Waals surface area (Å²) in [7, 11) is 0. The maximum absolute atomic E-state index is 12.7. The van der Waals surface area contributed by atoms with Crippen LogP contribution in [0.15, 0.2) is 54.6 Å². The Morgan fingerprint density at radius 3 is 1.78 bits per heavy atom. The molecule has 1 aliphatic rings. The predicted octanol–water partition coefficient (Wildman–Crippen LogP) is -1.97. The van der Waals surface area contributed by atoms with Crippen LogP contribution in [0.1, 0.15) is 36.0 Å². The van der Waals surface area contributed by atoms with Crippen molar-refractivity contribution in [3.05, 3.63) is 60.2 Å². The first kappa shape index (κ1) is 45.1. The van der Waals surface area contributed by atoms with Gasteiger partial charge in [-0.1, -0.05) is 54.6 Å². The molecule has 3 N–H and O–H groups in total. The van der Waals surface area contributed by atoms with Crippen LogP contribution < -0.4 is 15.5 Å². The molecule has 0 spiro atoms. The van der Waals surface area contributed by atoms with Gasteiger partial charge in [-0.2, -0.15) is 0 Å². The molecule has 1 unspecified atom stereocenters. The average Bonchev–Trinajstić information content (AvgIpc) is 3.07. The Morgan fingerprint density at radius 2 is 1.25 bits per heavy atom. The largest absolute Gasteiger partial charge is 3.00 e. The molecule has 51 heavy (non-hydrogen) atoms. The molecule has 2 aromatic rings. The van der Waals surface area contributed by atoms with Gasteiger partial charge < -0.3 is 40.5 Å². The number of carboxylic acids is 3. The molecule has 0 aromatic heterocycles. The van der Waals surface area contributed by atoms with E-state index in [9.17, 15) is 44.1 Å². The summed E-state index contributed by atoms with van der Waals surface area (Å²) >= 11 is 0. The van der Waals surface area contributed by atoms with Crippen molar-refractivity contribution in [2.45, 2.75) is 31.7 Å². The molecular formula is C35H46GaN5O10. The summed E-state index contributed by atoms with van der Waals surface area (Å²) in [6.45, 7) is 1.54. The number of rotatable bonds is 17. The number of ketones is 1. The molecule has 1 heterocycles. The van der Waals surface area contributed by atoms with Crippen molar-refractivity contribution in [1.82, 2.24) is 24.9 Å². The van der Waals surface area contributed by atoms with Crippen molar-refractivity contribution < 1.29 is 49.6 Å². The van der Waals surface area contributed by atoms with Crippen LogP contribution in [0, 0.1) is 0 Å². The number of hydrogen-bond acceptors (Lipinski definition) is 13. The Morgan fingerprint density at radius 1 is 0.745 bits per heavy atom. The molecule has 1 saturated heterocycles. The van der Waals surface area contributed by atoms with Crippen molar-refractivity contribution in [3.63, 3.8) is 0 Å². The minimum atomic E-state index is -1.31. The number of aldehydes is 1. The molecule has 1 aliphatic heterocycles. The van der Waals surface area contributed by atoms with E-state index in [1.54, 1.807) is 31.7 Å². The number of benzene rings is 2. The average molecular weight is 767 g/mol. The second-order valence-electron chi connectivity index (χ2n) is 12.0. The summed E-state index contributed by atoms with van der Waals surface area (Å²) in [4.78, 5) is 78.3. The second kappa shape index (κ2) is 24.3. The fourth-order valence-electron chi connectivity index (χ4n) is 5.76. The third-order valence-corrected chi connectivity index (χ3v) is 8.51. The number of carboxylic acid groups (broad SMARTS) is 3. The van der Waals surface area contributed by atoms with Gasteiger partial charge in [-0.25, -0.2) is 0 Å². The first-order valence-corrected chi connectivity index (χ1v) is 16.5. The van der Waals surface area contributed by atoms with Gasteiger partial charge in [-0.15, -0.1) is 0 Å². The molecule has 1 fully saturated rings. The number of nitrogens with zero attached hydrogens (tertiary/aromatic N) is 4. The first-order chi connectivity index (χ1) is 23.5. The Balaban J connectivity index is 0.00000650. The zero-order valence-electron chi connectivity index (χ0n) is 28.7. The summed E-state index contributed by atoms with van der Waals surface area (Å²) in [5.74, 6) is -4.13. The van der Waals surface area contributed by atoms with E-state index in [1.165, 1.54) is 0 Å². The fraction of sp³-hybridized carbons (Fsp3) is 0.486. The normalized spacial score (nSPS) is 15.8. The molecule has 3 rings (SSSR count). The molecule has 0 aliphatic carbocycles. The van der Waals surface area contributed by atoms with Gasteiger partial charge in [0.05, 0.1) is 18.5 Å². The third-order valence-electron chi connectivity index (χ3n) is 8.51. The molecule has 0 radical (unpaired) electrons. The molecule has 0 saturated carbocycles. The molecule has 16 heteroatoms. The summed E-state index contributed by atoms with van der Waals surface area (Å²) in [6, 6.07) is 16.1. The Labute approximate surface area is 310 Å². The minimum absolute atomic E-state index is 0. The first-order valence-electron chi connectivity index (χ1n) is 16.5. The van der Waals surface area contributed by atoms with E-state index >= 15 is 0 Å². The molecule has 0 bridgehead atoms. The summed E-state index contributed by atoms with van der Waals surface area (Å²) in [5.41, 5.74) is 2.54. The maximum atomic E-state index is 12.7. The third kappa shape index (κ3) is 16.8. The van der Waals surface area contributed by atoms with Crippen molar-refractivity contribution in [2.24, 2.45) is 0 Å². The molecular weight excluding hydrogens is 720 g/mol. The monoisotopic (exact) mass is 765 g/mol. The maximum Gasteiger partial charge on any atom is 3.00 e. The molecule has 274 valence electrons. The molecule has 1 amide bonds. The van der Waals surface area contributed by atoms with E-state index in [-0.39, 0.29) is 115 Å². The smallest absolute Gasteiger partial charge is 0.870 e. The summed E-state index contributed by atoms with van der Waals surface area (Å²) in [6.07, 6.45) is 1.29. The van der Waals surface area contributed by atoms with Gasteiger partial charge in [0.2, 0.25) is 5.91 Å². The van der Waals surface area contributed by atoms with Crippen molar-refractivity contribution in [1.29, 1.82) is 0 Å². The van der Waals surface area contributed by atoms with Crippen LogP contribution in [0.2, 0.25) is 0 Å². The van der Waals surface area contributed by atoms with E-state index in [2.05, 4.69) is 5.32 Å². The van der Waals surface area contributed by atoms with E-state index in [4.69, 9.17) is 0 Å². The zero-order chi connectivity index (χ0) is 35.6. The number of Topliss-reactive ketones (excluding diaryl/α,β-unsaturated/α-hetero) is 1. The van der Waals surface area contributed by atoms with E-state index in [0.29, 0.717) is 25.1 Å². The van der Waals surface area contributed by atoms with Crippen LogP contribution in [0.3, 0.4) is 0 Å². The van der Waals surface area contributed by atoms with Gasteiger partial charge in [0.25, 0.3) is 0 Å². The second-order valence-corrected chi connectivity index (χ2v) is 12.0. The summed E-state index contributed by atoms with van der Waals surface area (Å²) < 4.78 is 0. The number of amides is 1. The SMILES string of the molecule is O=CCN1CCN(CC(=O)[O-])CCN(CC(=O)[O-])CCN(C(CCCNC(=O)CCC(=O)c2ccc(-c3ccccc3)cc2)C(=O)O)CC1.[Ga+3].[OH-]. The molecule has 2 aromatic carbocycles. The Hall–Kier alpha value is -3.90. The molecule has 15 nitrogen and oxygen atoms in total. The molecule has 1 atom stereocenters. The van der Waals surface area contributed by atoms with Crippen molar-refractivity contribution in [3.8, 4) is 11.1 Å². The fourth-order valence-corrected chi connectivity index (χ4v) is 5.76. The topological polar surface area (TPSA) is 224 Å². The van der Waals surface area contributed by atoms with Gasteiger partial charge in [-0.3, -0.25) is 34.0 Å². The van der Waals surface area contributed by atoms with E-state index in [1.807, 2.05) is 42.5 Å². The Kier molecular flexibility index (Phi) is 21.5. The minimum Gasteiger partial charge on any atom is -0.870 e. The van der Waals surface area contributed by atoms with Gasteiger partial charge >= 0.3 is 25.8 Å². The van der Waals surface area contributed by atoms with Gasteiger partial charge in [-0.05, 0) is 24.0 Å². The van der Waals surface area contributed by atoms with Crippen LogP contribution in [-0.4, -0.2) is 170 Å².